The van der Waals surface area contributed by atoms with E-state index in [1.54, 1.807) is 18.2 Å². The standard InChI is InChI=1S/C24H23N3O3S/c1-16-10-12-22(17(2)14-16)27-31(29,30)20-8-5-7-19(15-20)24(28)26-25-23-13-11-18-6-3-4-9-21(18)23/h3-10,12-15,25,27H,11H2,1-2H3,(H,26,28). The number of anilines is 1. The lowest BCUT2D eigenvalue weighted by Crippen LogP contribution is -2.36. The quantitative estimate of drug-likeness (QED) is 0.514. The Morgan fingerprint density at radius 1 is 0.935 bits per heavy atom. The number of carbonyl (C=O) groups is 1. The zero-order chi connectivity index (χ0) is 22.0. The molecule has 0 radical (unpaired) electrons. The first-order valence-corrected chi connectivity index (χ1v) is 11.4. The molecule has 31 heavy (non-hydrogen) atoms. The summed E-state index contributed by atoms with van der Waals surface area (Å²) in [4.78, 5) is 12.6. The zero-order valence-corrected chi connectivity index (χ0v) is 18.1. The lowest BCUT2D eigenvalue weighted by atomic mass is 10.1. The minimum Gasteiger partial charge on any atom is -0.298 e. The second-order valence-corrected chi connectivity index (χ2v) is 9.19. The van der Waals surface area contributed by atoms with Gasteiger partial charge in [-0.3, -0.25) is 20.4 Å². The van der Waals surface area contributed by atoms with Crippen LogP contribution in [0.3, 0.4) is 0 Å². The number of benzene rings is 3. The molecular formula is C24H23N3O3S. The van der Waals surface area contributed by atoms with Crippen LogP contribution in [-0.4, -0.2) is 14.3 Å². The molecule has 0 heterocycles. The van der Waals surface area contributed by atoms with E-state index in [0.29, 0.717) is 5.69 Å². The predicted molar refractivity (Wildman–Crippen MR) is 122 cm³/mol. The van der Waals surface area contributed by atoms with Crippen LogP contribution in [0.1, 0.15) is 32.6 Å². The average Bonchev–Trinajstić information content (AvgIpc) is 3.17. The smallest absolute Gasteiger partial charge is 0.269 e. The highest BCUT2D eigenvalue weighted by Crippen LogP contribution is 2.24. The highest BCUT2D eigenvalue weighted by atomic mass is 32.2. The van der Waals surface area contributed by atoms with E-state index in [-0.39, 0.29) is 10.5 Å². The summed E-state index contributed by atoms with van der Waals surface area (Å²) in [5, 5.41) is 0. The van der Waals surface area contributed by atoms with E-state index < -0.39 is 15.9 Å². The maximum absolute atomic E-state index is 12.9. The van der Waals surface area contributed by atoms with Gasteiger partial charge in [0.25, 0.3) is 15.9 Å². The van der Waals surface area contributed by atoms with Gasteiger partial charge < -0.3 is 0 Å². The van der Waals surface area contributed by atoms with Crippen LogP contribution in [0.15, 0.2) is 77.7 Å². The average molecular weight is 434 g/mol. The Hall–Kier alpha value is -3.58. The molecule has 0 saturated carbocycles. The third-order valence-electron chi connectivity index (χ3n) is 5.18. The molecule has 0 saturated heterocycles. The molecule has 3 aromatic rings. The van der Waals surface area contributed by atoms with Gasteiger partial charge in [-0.15, -0.1) is 0 Å². The molecule has 1 aliphatic carbocycles. The molecule has 0 aliphatic heterocycles. The van der Waals surface area contributed by atoms with Crippen LogP contribution in [0, 0.1) is 13.8 Å². The van der Waals surface area contributed by atoms with Gasteiger partial charge in [-0.1, -0.05) is 54.1 Å². The molecule has 0 fully saturated rings. The van der Waals surface area contributed by atoms with Gasteiger partial charge in [-0.05, 0) is 55.7 Å². The van der Waals surface area contributed by atoms with Crippen molar-refractivity contribution >= 4 is 27.3 Å². The second kappa shape index (κ2) is 8.28. The Labute approximate surface area is 182 Å². The summed E-state index contributed by atoms with van der Waals surface area (Å²) < 4.78 is 28.3. The first-order valence-electron chi connectivity index (χ1n) is 9.88. The molecule has 4 rings (SSSR count). The highest BCUT2D eigenvalue weighted by Gasteiger charge is 2.18. The minimum absolute atomic E-state index is 0.0190. The molecule has 0 bridgehead atoms. The van der Waals surface area contributed by atoms with Gasteiger partial charge in [0.2, 0.25) is 0 Å². The number of hydrazine groups is 1. The van der Waals surface area contributed by atoms with Crippen molar-refractivity contribution in [1.29, 1.82) is 0 Å². The first kappa shape index (κ1) is 20.7. The zero-order valence-electron chi connectivity index (χ0n) is 17.3. The molecule has 1 amide bonds. The van der Waals surface area contributed by atoms with E-state index >= 15 is 0 Å². The summed E-state index contributed by atoms with van der Waals surface area (Å²) >= 11 is 0. The van der Waals surface area contributed by atoms with Crippen molar-refractivity contribution in [2.75, 3.05) is 4.72 Å². The highest BCUT2D eigenvalue weighted by molar-refractivity contribution is 7.92. The number of hydrogen-bond donors (Lipinski definition) is 3. The number of amides is 1. The molecular weight excluding hydrogens is 410 g/mol. The summed E-state index contributed by atoms with van der Waals surface area (Å²) in [6, 6.07) is 19.4. The lowest BCUT2D eigenvalue weighted by Gasteiger charge is -2.13. The van der Waals surface area contributed by atoms with Crippen molar-refractivity contribution in [2.45, 2.75) is 25.2 Å². The van der Waals surface area contributed by atoms with Gasteiger partial charge in [0, 0.05) is 11.1 Å². The fourth-order valence-electron chi connectivity index (χ4n) is 3.53. The third-order valence-corrected chi connectivity index (χ3v) is 6.54. The molecule has 1 aliphatic rings. The van der Waals surface area contributed by atoms with Crippen molar-refractivity contribution in [3.8, 4) is 0 Å². The number of rotatable bonds is 6. The van der Waals surface area contributed by atoms with Crippen LogP contribution in [-0.2, 0) is 16.4 Å². The van der Waals surface area contributed by atoms with E-state index in [4.69, 9.17) is 0 Å². The van der Waals surface area contributed by atoms with Crippen LogP contribution in [0.4, 0.5) is 5.69 Å². The van der Waals surface area contributed by atoms with Crippen molar-refractivity contribution < 1.29 is 13.2 Å². The van der Waals surface area contributed by atoms with Crippen molar-refractivity contribution in [3.05, 3.63) is 101 Å². The topological polar surface area (TPSA) is 87.3 Å². The Balaban J connectivity index is 1.48. The van der Waals surface area contributed by atoms with Crippen molar-refractivity contribution in [3.63, 3.8) is 0 Å². The van der Waals surface area contributed by atoms with E-state index in [1.165, 1.54) is 17.7 Å². The number of carbonyl (C=O) groups excluding carboxylic acids is 1. The van der Waals surface area contributed by atoms with Gasteiger partial charge in [0.05, 0.1) is 16.3 Å². The Morgan fingerprint density at radius 2 is 1.74 bits per heavy atom. The summed E-state index contributed by atoms with van der Waals surface area (Å²) in [5.74, 6) is -0.422. The predicted octanol–water partition coefficient (Wildman–Crippen LogP) is 3.94. The fraction of sp³-hybridized carbons (Fsp3) is 0.125. The van der Waals surface area contributed by atoms with Gasteiger partial charge in [0.15, 0.2) is 0 Å². The fourth-order valence-corrected chi connectivity index (χ4v) is 4.71. The Morgan fingerprint density at radius 3 is 2.55 bits per heavy atom. The summed E-state index contributed by atoms with van der Waals surface area (Å²) in [5.41, 5.74) is 11.3. The van der Waals surface area contributed by atoms with Crippen LogP contribution < -0.4 is 15.6 Å². The number of fused-ring (bicyclic) bond motifs is 1. The van der Waals surface area contributed by atoms with Crippen LogP contribution in [0.25, 0.3) is 5.70 Å². The summed E-state index contributed by atoms with van der Waals surface area (Å²) in [7, 11) is -3.84. The van der Waals surface area contributed by atoms with Crippen LogP contribution >= 0.6 is 0 Å². The molecule has 6 nitrogen and oxygen atoms in total. The molecule has 7 heteroatoms. The lowest BCUT2D eigenvalue weighted by molar-refractivity contribution is 0.0942. The molecule has 0 atom stereocenters. The third kappa shape index (κ3) is 4.46. The minimum atomic E-state index is -3.84. The molecule has 0 unspecified atom stereocenters. The molecule has 3 N–H and O–H groups in total. The first-order chi connectivity index (χ1) is 14.8. The maximum atomic E-state index is 12.9. The number of allylic oxidation sites excluding steroid dienone is 1. The van der Waals surface area contributed by atoms with E-state index in [0.717, 1.165) is 28.8 Å². The monoisotopic (exact) mass is 433 g/mol. The van der Waals surface area contributed by atoms with Crippen LogP contribution in [0.5, 0.6) is 0 Å². The van der Waals surface area contributed by atoms with Gasteiger partial charge in [0.1, 0.15) is 0 Å². The molecule has 3 aromatic carbocycles. The van der Waals surface area contributed by atoms with Crippen molar-refractivity contribution in [2.24, 2.45) is 0 Å². The Kier molecular flexibility index (Phi) is 5.52. The van der Waals surface area contributed by atoms with Gasteiger partial charge in [-0.25, -0.2) is 8.42 Å². The van der Waals surface area contributed by atoms with E-state index in [9.17, 15) is 13.2 Å². The number of sulfonamides is 1. The number of nitrogens with one attached hydrogen (secondary N) is 3. The summed E-state index contributed by atoms with van der Waals surface area (Å²) in [6.07, 6.45) is 2.80. The number of aryl methyl sites for hydroxylation is 2. The maximum Gasteiger partial charge on any atom is 0.269 e. The normalized spacial score (nSPS) is 12.6. The van der Waals surface area contributed by atoms with E-state index in [2.05, 4.69) is 15.6 Å². The molecule has 0 spiro atoms. The van der Waals surface area contributed by atoms with E-state index in [1.807, 2.05) is 56.3 Å². The van der Waals surface area contributed by atoms with Crippen LogP contribution in [0.2, 0.25) is 0 Å². The van der Waals surface area contributed by atoms with Gasteiger partial charge in [-0.2, -0.15) is 0 Å². The number of hydrogen-bond acceptors (Lipinski definition) is 4. The Bertz CT molecular complexity index is 1300. The summed E-state index contributed by atoms with van der Waals surface area (Å²) in [6.45, 7) is 3.79. The second-order valence-electron chi connectivity index (χ2n) is 7.51. The molecule has 0 aromatic heterocycles. The largest absolute Gasteiger partial charge is 0.298 e. The SMILES string of the molecule is Cc1ccc(NS(=O)(=O)c2cccc(C(=O)NNC3=CCc4ccccc43)c2)c(C)c1. The molecule has 158 valence electrons. The van der Waals surface area contributed by atoms with Gasteiger partial charge >= 0.3 is 0 Å². The van der Waals surface area contributed by atoms with Crippen molar-refractivity contribution in [1.82, 2.24) is 10.9 Å².